The van der Waals surface area contributed by atoms with Crippen molar-refractivity contribution in [3.05, 3.63) is 18.2 Å². The van der Waals surface area contributed by atoms with Crippen LogP contribution in [0.1, 0.15) is 13.8 Å². The Labute approximate surface area is 113 Å². The van der Waals surface area contributed by atoms with Crippen LogP contribution in [-0.4, -0.2) is 25.7 Å². The molecule has 1 unspecified atom stereocenters. The zero-order valence-corrected chi connectivity index (χ0v) is 11.5. The topological polar surface area (TPSA) is 73.6 Å². The summed E-state index contributed by atoms with van der Waals surface area (Å²) in [5, 5.41) is 2.70. The SMILES string of the molecule is CCOC(C)C(=O)Nc1cc(OC)ccc1N.Cl. The predicted octanol–water partition coefficient (Wildman–Crippen LogP) is 2.06. The van der Waals surface area contributed by atoms with E-state index in [-0.39, 0.29) is 18.3 Å². The molecule has 0 aromatic heterocycles. The average Bonchev–Trinajstić information content (AvgIpc) is 2.32. The van der Waals surface area contributed by atoms with Crippen molar-refractivity contribution < 1.29 is 14.3 Å². The van der Waals surface area contributed by atoms with Crippen molar-refractivity contribution >= 4 is 29.7 Å². The number of nitrogen functional groups attached to an aromatic ring is 1. The lowest BCUT2D eigenvalue weighted by Crippen LogP contribution is -2.28. The number of hydrogen-bond donors (Lipinski definition) is 2. The fraction of sp³-hybridized carbons (Fsp3) is 0.417. The van der Waals surface area contributed by atoms with Gasteiger partial charge in [-0.05, 0) is 26.0 Å². The van der Waals surface area contributed by atoms with Crippen LogP contribution >= 0.6 is 12.4 Å². The van der Waals surface area contributed by atoms with E-state index in [0.717, 1.165) is 0 Å². The largest absolute Gasteiger partial charge is 0.497 e. The third-order valence-corrected chi connectivity index (χ3v) is 2.30. The minimum Gasteiger partial charge on any atom is -0.497 e. The second kappa shape index (κ2) is 7.79. The maximum absolute atomic E-state index is 11.7. The number of carbonyl (C=O) groups is 1. The van der Waals surface area contributed by atoms with Gasteiger partial charge in [-0.15, -0.1) is 12.4 Å². The third kappa shape index (κ3) is 4.43. The highest BCUT2D eigenvalue weighted by Gasteiger charge is 2.14. The fourth-order valence-corrected chi connectivity index (χ4v) is 1.33. The van der Waals surface area contributed by atoms with Gasteiger partial charge < -0.3 is 20.5 Å². The Morgan fingerprint density at radius 2 is 2.17 bits per heavy atom. The van der Waals surface area contributed by atoms with Crippen LogP contribution in [0.4, 0.5) is 11.4 Å². The first-order valence-corrected chi connectivity index (χ1v) is 5.44. The van der Waals surface area contributed by atoms with Crippen molar-refractivity contribution in [2.75, 3.05) is 24.8 Å². The minimum absolute atomic E-state index is 0. The number of nitrogens with two attached hydrogens (primary N) is 1. The summed E-state index contributed by atoms with van der Waals surface area (Å²) in [6.07, 6.45) is -0.509. The molecule has 6 heteroatoms. The van der Waals surface area contributed by atoms with E-state index in [1.165, 1.54) is 0 Å². The van der Waals surface area contributed by atoms with E-state index >= 15 is 0 Å². The molecule has 0 aliphatic carbocycles. The number of ether oxygens (including phenoxy) is 2. The molecule has 0 aliphatic rings. The number of rotatable bonds is 5. The summed E-state index contributed by atoms with van der Waals surface area (Å²) in [4.78, 5) is 11.7. The number of halogens is 1. The second-order valence-electron chi connectivity index (χ2n) is 3.54. The number of amides is 1. The van der Waals surface area contributed by atoms with Crippen LogP contribution in [0.25, 0.3) is 0 Å². The van der Waals surface area contributed by atoms with Gasteiger partial charge in [0.1, 0.15) is 11.9 Å². The number of methoxy groups -OCH3 is 1. The van der Waals surface area contributed by atoms with Gasteiger partial charge in [0, 0.05) is 12.7 Å². The van der Waals surface area contributed by atoms with E-state index < -0.39 is 6.10 Å². The quantitative estimate of drug-likeness (QED) is 0.806. The first-order chi connectivity index (χ1) is 8.08. The Morgan fingerprint density at radius 1 is 1.50 bits per heavy atom. The van der Waals surface area contributed by atoms with E-state index in [1.807, 2.05) is 6.92 Å². The van der Waals surface area contributed by atoms with Gasteiger partial charge in [0.15, 0.2) is 0 Å². The maximum Gasteiger partial charge on any atom is 0.253 e. The Kier molecular flexibility index (Phi) is 7.16. The van der Waals surface area contributed by atoms with E-state index in [0.29, 0.717) is 23.7 Å². The zero-order chi connectivity index (χ0) is 12.8. The van der Waals surface area contributed by atoms with Gasteiger partial charge in [-0.3, -0.25) is 4.79 Å². The molecular weight excluding hydrogens is 256 g/mol. The molecule has 0 saturated heterocycles. The average molecular weight is 275 g/mol. The molecule has 0 spiro atoms. The maximum atomic E-state index is 11.7. The highest BCUT2D eigenvalue weighted by atomic mass is 35.5. The predicted molar refractivity (Wildman–Crippen MR) is 74.4 cm³/mol. The summed E-state index contributed by atoms with van der Waals surface area (Å²) in [5.41, 5.74) is 6.77. The van der Waals surface area contributed by atoms with E-state index in [9.17, 15) is 4.79 Å². The molecule has 1 amide bonds. The fourth-order valence-electron chi connectivity index (χ4n) is 1.33. The number of anilines is 2. The standard InChI is InChI=1S/C12H18N2O3.ClH/c1-4-17-8(2)12(15)14-11-7-9(16-3)5-6-10(11)13;/h5-8H,4,13H2,1-3H3,(H,14,15);1H. The minimum atomic E-state index is -0.509. The molecule has 0 bridgehead atoms. The van der Waals surface area contributed by atoms with Gasteiger partial charge >= 0.3 is 0 Å². The molecule has 5 nitrogen and oxygen atoms in total. The van der Waals surface area contributed by atoms with Crippen molar-refractivity contribution in [3.8, 4) is 5.75 Å². The van der Waals surface area contributed by atoms with E-state index in [1.54, 1.807) is 32.2 Å². The Hall–Kier alpha value is -1.46. The number of carbonyl (C=O) groups excluding carboxylic acids is 1. The summed E-state index contributed by atoms with van der Waals surface area (Å²) in [7, 11) is 1.56. The van der Waals surface area contributed by atoms with Crippen molar-refractivity contribution in [2.45, 2.75) is 20.0 Å². The molecule has 0 heterocycles. The summed E-state index contributed by atoms with van der Waals surface area (Å²) < 4.78 is 10.2. The molecule has 1 atom stereocenters. The highest BCUT2D eigenvalue weighted by molar-refractivity contribution is 5.96. The molecule has 0 saturated carbocycles. The lowest BCUT2D eigenvalue weighted by atomic mass is 10.2. The normalized spacial score (nSPS) is 11.3. The first-order valence-electron chi connectivity index (χ1n) is 5.44. The summed E-state index contributed by atoms with van der Waals surface area (Å²) in [5.74, 6) is 0.408. The van der Waals surface area contributed by atoms with Gasteiger partial charge in [-0.1, -0.05) is 0 Å². The number of hydrogen-bond acceptors (Lipinski definition) is 4. The molecule has 0 aliphatic heterocycles. The molecule has 0 fully saturated rings. The number of nitrogens with one attached hydrogen (secondary N) is 1. The van der Waals surface area contributed by atoms with E-state index in [2.05, 4.69) is 5.32 Å². The smallest absolute Gasteiger partial charge is 0.253 e. The third-order valence-electron chi connectivity index (χ3n) is 2.30. The molecular formula is C12H19ClN2O3. The van der Waals surface area contributed by atoms with Crippen molar-refractivity contribution in [3.63, 3.8) is 0 Å². The number of benzene rings is 1. The molecule has 18 heavy (non-hydrogen) atoms. The zero-order valence-electron chi connectivity index (χ0n) is 10.7. The van der Waals surface area contributed by atoms with Crippen LogP contribution in [0, 0.1) is 0 Å². The Balaban J connectivity index is 0.00000289. The Bertz CT molecular complexity index is 399. The first kappa shape index (κ1) is 16.5. The van der Waals surface area contributed by atoms with Crippen LogP contribution in [0.3, 0.4) is 0 Å². The van der Waals surface area contributed by atoms with Crippen LogP contribution in [0.2, 0.25) is 0 Å². The van der Waals surface area contributed by atoms with Gasteiger partial charge in [0.2, 0.25) is 0 Å². The molecule has 0 radical (unpaired) electrons. The molecule has 102 valence electrons. The Morgan fingerprint density at radius 3 is 2.72 bits per heavy atom. The van der Waals surface area contributed by atoms with E-state index in [4.69, 9.17) is 15.2 Å². The highest BCUT2D eigenvalue weighted by Crippen LogP contribution is 2.24. The van der Waals surface area contributed by atoms with Crippen molar-refractivity contribution in [1.29, 1.82) is 0 Å². The lowest BCUT2D eigenvalue weighted by molar-refractivity contribution is -0.126. The monoisotopic (exact) mass is 274 g/mol. The van der Waals surface area contributed by atoms with Gasteiger partial charge in [-0.2, -0.15) is 0 Å². The summed E-state index contributed by atoms with van der Waals surface area (Å²) >= 11 is 0. The second-order valence-corrected chi connectivity index (χ2v) is 3.54. The van der Waals surface area contributed by atoms with Crippen molar-refractivity contribution in [2.24, 2.45) is 0 Å². The van der Waals surface area contributed by atoms with Gasteiger partial charge in [0.05, 0.1) is 18.5 Å². The molecule has 3 N–H and O–H groups in total. The van der Waals surface area contributed by atoms with Gasteiger partial charge in [-0.25, -0.2) is 0 Å². The van der Waals surface area contributed by atoms with Gasteiger partial charge in [0.25, 0.3) is 5.91 Å². The summed E-state index contributed by atoms with van der Waals surface area (Å²) in [6, 6.07) is 5.09. The van der Waals surface area contributed by atoms with Crippen LogP contribution in [0.15, 0.2) is 18.2 Å². The summed E-state index contributed by atoms with van der Waals surface area (Å²) in [6.45, 7) is 4.01. The van der Waals surface area contributed by atoms with Crippen LogP contribution in [-0.2, 0) is 9.53 Å². The van der Waals surface area contributed by atoms with Crippen molar-refractivity contribution in [1.82, 2.24) is 0 Å². The molecule has 1 aromatic carbocycles. The van der Waals surface area contributed by atoms with Crippen LogP contribution < -0.4 is 15.8 Å². The van der Waals surface area contributed by atoms with Crippen LogP contribution in [0.5, 0.6) is 5.75 Å². The molecule has 1 rings (SSSR count). The molecule has 1 aromatic rings. The lowest BCUT2D eigenvalue weighted by Gasteiger charge is -2.14.